The molecule has 0 aliphatic carbocycles. The molecule has 21 heavy (non-hydrogen) atoms. The molecule has 1 aromatic heterocycles. The molecule has 0 amide bonds. The van der Waals surface area contributed by atoms with Crippen LogP contribution in [-0.2, 0) is 4.74 Å². The van der Waals surface area contributed by atoms with Crippen molar-refractivity contribution in [1.82, 2.24) is 4.98 Å². The maximum atomic E-state index is 14.0. The predicted octanol–water partition coefficient (Wildman–Crippen LogP) is 4.05. The number of hydrogen-bond acceptors (Lipinski definition) is 4. The van der Waals surface area contributed by atoms with Crippen molar-refractivity contribution < 1.29 is 22.6 Å². The van der Waals surface area contributed by atoms with Crippen molar-refractivity contribution in [3.8, 4) is 16.3 Å². The lowest BCUT2D eigenvalue weighted by molar-refractivity contribution is -0.0495. The minimum Gasteiger partial charge on any atom is -0.434 e. The zero-order valence-corrected chi connectivity index (χ0v) is 11.7. The molecule has 0 radical (unpaired) electrons. The molecule has 1 fully saturated rings. The summed E-state index contributed by atoms with van der Waals surface area (Å²) in [6.07, 6.45) is 0.862. The van der Waals surface area contributed by atoms with E-state index in [-0.39, 0.29) is 17.2 Å². The second kappa shape index (κ2) is 6.03. The van der Waals surface area contributed by atoms with E-state index in [4.69, 9.17) is 4.74 Å². The van der Waals surface area contributed by atoms with Crippen LogP contribution < -0.4 is 4.74 Å². The number of ether oxygens (including phenoxy) is 2. The van der Waals surface area contributed by atoms with Gasteiger partial charge in [-0.1, -0.05) is 6.07 Å². The third-order valence-corrected chi connectivity index (χ3v) is 4.15. The number of thiazole rings is 1. The van der Waals surface area contributed by atoms with Gasteiger partial charge in [0.25, 0.3) is 0 Å². The van der Waals surface area contributed by atoms with Crippen LogP contribution in [0.2, 0.25) is 0 Å². The quantitative estimate of drug-likeness (QED) is 0.853. The Morgan fingerprint density at radius 1 is 1.38 bits per heavy atom. The van der Waals surface area contributed by atoms with Crippen molar-refractivity contribution >= 4 is 11.3 Å². The summed E-state index contributed by atoms with van der Waals surface area (Å²) in [5, 5.41) is 2.15. The van der Waals surface area contributed by atoms with Gasteiger partial charge in [-0.3, -0.25) is 0 Å². The molecular weight excluding hydrogens is 303 g/mol. The van der Waals surface area contributed by atoms with Gasteiger partial charge < -0.3 is 9.47 Å². The number of alkyl halides is 2. The fourth-order valence-electron chi connectivity index (χ4n) is 2.26. The van der Waals surface area contributed by atoms with Gasteiger partial charge in [-0.05, 0) is 18.6 Å². The Morgan fingerprint density at radius 3 is 2.95 bits per heavy atom. The Hall–Kier alpha value is -1.60. The van der Waals surface area contributed by atoms with Gasteiger partial charge in [0.2, 0.25) is 0 Å². The van der Waals surface area contributed by atoms with Gasteiger partial charge in [-0.2, -0.15) is 8.78 Å². The van der Waals surface area contributed by atoms with Crippen LogP contribution in [0.5, 0.6) is 5.75 Å². The van der Waals surface area contributed by atoms with Crippen molar-refractivity contribution in [1.29, 1.82) is 0 Å². The van der Waals surface area contributed by atoms with E-state index in [1.807, 2.05) is 5.38 Å². The van der Waals surface area contributed by atoms with Gasteiger partial charge in [0.05, 0.1) is 17.9 Å². The third-order valence-electron chi connectivity index (χ3n) is 3.28. The van der Waals surface area contributed by atoms with Crippen molar-refractivity contribution in [3.05, 3.63) is 35.1 Å². The van der Waals surface area contributed by atoms with E-state index >= 15 is 0 Å². The Morgan fingerprint density at radius 2 is 2.24 bits per heavy atom. The molecule has 3 rings (SSSR count). The number of hydrogen-bond donors (Lipinski definition) is 0. The predicted molar refractivity (Wildman–Crippen MR) is 72.3 cm³/mol. The Labute approximate surface area is 123 Å². The molecular formula is C14H12F3NO2S. The van der Waals surface area contributed by atoms with Crippen molar-refractivity contribution in [2.75, 3.05) is 13.2 Å². The van der Waals surface area contributed by atoms with Gasteiger partial charge in [-0.25, -0.2) is 9.37 Å². The molecule has 0 bridgehead atoms. The zero-order valence-electron chi connectivity index (χ0n) is 10.9. The monoisotopic (exact) mass is 315 g/mol. The van der Waals surface area contributed by atoms with Crippen molar-refractivity contribution in [2.24, 2.45) is 0 Å². The van der Waals surface area contributed by atoms with Crippen LogP contribution >= 0.6 is 11.3 Å². The Kier molecular flexibility index (Phi) is 4.12. The van der Waals surface area contributed by atoms with Crippen molar-refractivity contribution in [3.63, 3.8) is 0 Å². The summed E-state index contributed by atoms with van der Waals surface area (Å²) in [4.78, 5) is 4.36. The highest BCUT2D eigenvalue weighted by molar-refractivity contribution is 7.13. The highest BCUT2D eigenvalue weighted by atomic mass is 32.1. The molecule has 1 atom stereocenters. The zero-order chi connectivity index (χ0) is 14.8. The summed E-state index contributed by atoms with van der Waals surface area (Å²) in [5.41, 5.74) is 0.784. The normalized spacial score (nSPS) is 18.4. The average molecular weight is 315 g/mol. The van der Waals surface area contributed by atoms with Gasteiger partial charge in [-0.15, -0.1) is 11.3 Å². The molecule has 2 heterocycles. The number of aromatic nitrogens is 1. The van der Waals surface area contributed by atoms with Crippen LogP contribution in [0.3, 0.4) is 0 Å². The first-order valence-corrected chi connectivity index (χ1v) is 7.30. The maximum Gasteiger partial charge on any atom is 0.387 e. The fraction of sp³-hybridized carbons (Fsp3) is 0.357. The van der Waals surface area contributed by atoms with Crippen LogP contribution in [0.4, 0.5) is 13.2 Å². The molecule has 0 saturated carbocycles. The molecule has 0 N–H and O–H groups in total. The summed E-state index contributed by atoms with van der Waals surface area (Å²) >= 11 is 1.21. The number of halogens is 3. The van der Waals surface area contributed by atoms with Gasteiger partial charge in [0.1, 0.15) is 16.6 Å². The Bertz CT molecular complexity index is 626. The first kappa shape index (κ1) is 14.3. The first-order valence-electron chi connectivity index (χ1n) is 6.42. The van der Waals surface area contributed by atoms with Crippen LogP contribution in [0.15, 0.2) is 23.6 Å². The topological polar surface area (TPSA) is 31.4 Å². The highest BCUT2D eigenvalue weighted by Gasteiger charge is 2.23. The van der Waals surface area contributed by atoms with Crippen molar-refractivity contribution in [2.45, 2.75) is 19.0 Å². The minimum absolute atomic E-state index is 0.0204. The van der Waals surface area contributed by atoms with E-state index in [0.717, 1.165) is 12.1 Å². The summed E-state index contributed by atoms with van der Waals surface area (Å²) in [5.74, 6) is -0.647. The van der Waals surface area contributed by atoms with Crippen LogP contribution in [0, 0.1) is 5.82 Å². The highest BCUT2D eigenvalue weighted by Crippen LogP contribution is 2.37. The lowest BCUT2D eigenvalue weighted by Gasteiger charge is -2.09. The van der Waals surface area contributed by atoms with E-state index < -0.39 is 12.4 Å². The van der Waals surface area contributed by atoms with E-state index in [2.05, 4.69) is 9.72 Å². The first-order chi connectivity index (χ1) is 10.1. The van der Waals surface area contributed by atoms with E-state index in [9.17, 15) is 13.2 Å². The lowest BCUT2D eigenvalue weighted by atomic mass is 10.1. The van der Waals surface area contributed by atoms with Crippen LogP contribution in [0.25, 0.3) is 10.6 Å². The molecule has 3 nitrogen and oxygen atoms in total. The number of benzene rings is 1. The second-order valence-electron chi connectivity index (χ2n) is 4.63. The van der Waals surface area contributed by atoms with Crippen LogP contribution in [-0.4, -0.2) is 24.8 Å². The lowest BCUT2D eigenvalue weighted by Crippen LogP contribution is -2.04. The largest absolute Gasteiger partial charge is 0.434 e. The average Bonchev–Trinajstić information content (AvgIpc) is 3.08. The molecule has 1 aliphatic rings. The standard InChI is InChI=1S/C14H12F3NO2S/c15-9-2-1-3-11(20-14(16)17)12(9)13-18-10(7-21-13)8-4-5-19-6-8/h1-3,7-8,14H,4-6H2. The number of nitrogens with zero attached hydrogens (tertiary/aromatic N) is 1. The maximum absolute atomic E-state index is 14.0. The van der Waals surface area contributed by atoms with E-state index in [0.29, 0.717) is 18.2 Å². The molecule has 7 heteroatoms. The SMILES string of the molecule is Fc1cccc(OC(F)F)c1-c1nc(C2CCOC2)cs1. The minimum atomic E-state index is -3.01. The van der Waals surface area contributed by atoms with Crippen LogP contribution in [0.1, 0.15) is 18.0 Å². The smallest absolute Gasteiger partial charge is 0.387 e. The molecule has 1 aliphatic heterocycles. The van der Waals surface area contributed by atoms with E-state index in [1.54, 1.807) is 0 Å². The molecule has 1 unspecified atom stereocenters. The molecule has 112 valence electrons. The summed E-state index contributed by atoms with van der Waals surface area (Å²) < 4.78 is 48.5. The fourth-order valence-corrected chi connectivity index (χ4v) is 3.21. The summed E-state index contributed by atoms with van der Waals surface area (Å²) in [6.45, 7) is -1.74. The van der Waals surface area contributed by atoms with Gasteiger partial charge in [0, 0.05) is 17.9 Å². The van der Waals surface area contributed by atoms with Gasteiger partial charge in [0.15, 0.2) is 0 Å². The molecule has 2 aromatic rings. The molecule has 0 spiro atoms. The summed E-state index contributed by atoms with van der Waals surface area (Å²) in [6, 6.07) is 3.84. The molecule has 1 aromatic carbocycles. The third kappa shape index (κ3) is 3.03. The number of rotatable bonds is 4. The van der Waals surface area contributed by atoms with Gasteiger partial charge >= 0.3 is 6.61 Å². The molecule has 1 saturated heterocycles. The Balaban J connectivity index is 1.96. The second-order valence-corrected chi connectivity index (χ2v) is 5.49. The summed E-state index contributed by atoms with van der Waals surface area (Å²) in [7, 11) is 0. The van der Waals surface area contributed by atoms with E-state index in [1.165, 1.54) is 29.5 Å².